The van der Waals surface area contributed by atoms with Crippen LogP contribution < -0.4 is 4.90 Å². The van der Waals surface area contributed by atoms with Gasteiger partial charge in [0.1, 0.15) is 6.04 Å². The number of nitrogens with zero attached hydrogens (tertiary/aromatic N) is 3. The molecule has 2 rings (SSSR count). The van der Waals surface area contributed by atoms with Gasteiger partial charge in [-0.3, -0.25) is 4.90 Å². The zero-order valence-electron chi connectivity index (χ0n) is 12.8. The van der Waals surface area contributed by atoms with Crippen LogP contribution in [0.25, 0.3) is 0 Å². The van der Waals surface area contributed by atoms with Gasteiger partial charge in [-0.1, -0.05) is 31.4 Å². The van der Waals surface area contributed by atoms with E-state index in [0.717, 1.165) is 5.56 Å². The molecule has 0 radical (unpaired) electrons. The van der Waals surface area contributed by atoms with E-state index < -0.39 is 0 Å². The molecule has 0 N–H and O–H groups in total. The lowest BCUT2D eigenvalue weighted by atomic mass is 9.92. The molecule has 0 bridgehead atoms. The number of hydrogen-bond donors (Lipinski definition) is 0. The molecule has 3 heteroatoms. The van der Waals surface area contributed by atoms with Crippen LogP contribution in [0.3, 0.4) is 0 Å². The molecule has 0 saturated heterocycles. The van der Waals surface area contributed by atoms with Gasteiger partial charge in [0.05, 0.1) is 6.07 Å². The normalized spacial score (nSPS) is 17.8. The van der Waals surface area contributed by atoms with Crippen LogP contribution in [0.4, 0.5) is 5.69 Å². The average Bonchev–Trinajstić information content (AvgIpc) is 2.49. The van der Waals surface area contributed by atoms with Crippen LogP contribution in [0.1, 0.15) is 43.7 Å². The van der Waals surface area contributed by atoms with Gasteiger partial charge < -0.3 is 4.90 Å². The zero-order valence-corrected chi connectivity index (χ0v) is 12.8. The second kappa shape index (κ2) is 6.76. The molecule has 1 aliphatic rings. The van der Waals surface area contributed by atoms with E-state index in [-0.39, 0.29) is 6.04 Å². The Kier molecular flexibility index (Phi) is 5.03. The predicted molar refractivity (Wildman–Crippen MR) is 83.8 cm³/mol. The molecule has 3 nitrogen and oxygen atoms in total. The number of hydrogen-bond acceptors (Lipinski definition) is 3. The molecule has 1 fully saturated rings. The third kappa shape index (κ3) is 3.32. The van der Waals surface area contributed by atoms with Crippen LogP contribution in [0.5, 0.6) is 0 Å². The molecule has 0 amide bonds. The van der Waals surface area contributed by atoms with Crippen molar-refractivity contribution in [3.63, 3.8) is 0 Å². The van der Waals surface area contributed by atoms with Crippen molar-refractivity contribution in [3.8, 4) is 6.07 Å². The summed E-state index contributed by atoms with van der Waals surface area (Å²) in [6.07, 6.45) is 6.40. The Bertz CT molecular complexity index is 452. The van der Waals surface area contributed by atoms with Gasteiger partial charge in [-0.2, -0.15) is 5.26 Å². The van der Waals surface area contributed by atoms with E-state index in [1.165, 1.54) is 37.8 Å². The summed E-state index contributed by atoms with van der Waals surface area (Å²) in [5.74, 6) is 0. The molecule has 0 aromatic heterocycles. The summed E-state index contributed by atoms with van der Waals surface area (Å²) in [6, 6.07) is 11.3. The fraction of sp³-hybridized carbons (Fsp3) is 0.588. The minimum atomic E-state index is -0.130. The van der Waals surface area contributed by atoms with Crippen molar-refractivity contribution >= 4 is 5.69 Å². The van der Waals surface area contributed by atoms with Crippen molar-refractivity contribution in [2.45, 2.75) is 44.2 Å². The van der Waals surface area contributed by atoms with Crippen LogP contribution in [0, 0.1) is 11.3 Å². The van der Waals surface area contributed by atoms with E-state index in [1.807, 2.05) is 14.1 Å². The Morgan fingerprint density at radius 2 is 1.65 bits per heavy atom. The van der Waals surface area contributed by atoms with Gasteiger partial charge in [-0.25, -0.2) is 0 Å². The molecule has 0 heterocycles. The first-order valence-electron chi connectivity index (χ1n) is 7.52. The fourth-order valence-corrected chi connectivity index (χ4v) is 3.05. The highest BCUT2D eigenvalue weighted by atomic mass is 15.2. The summed E-state index contributed by atoms with van der Waals surface area (Å²) < 4.78 is 0. The number of rotatable bonds is 4. The van der Waals surface area contributed by atoms with E-state index in [0.29, 0.717) is 6.04 Å². The SMILES string of the molecule is CN(C)c1ccc(C(C#N)N(C)C2CCCCC2)cc1. The lowest BCUT2D eigenvalue weighted by molar-refractivity contribution is 0.164. The summed E-state index contributed by atoms with van der Waals surface area (Å²) >= 11 is 0. The van der Waals surface area contributed by atoms with E-state index in [2.05, 4.69) is 47.2 Å². The van der Waals surface area contributed by atoms with E-state index in [1.54, 1.807) is 0 Å². The standard InChI is InChI=1S/C17H25N3/c1-19(2)15-11-9-14(10-12-15)17(13-18)20(3)16-7-5-4-6-8-16/h9-12,16-17H,4-8H2,1-3H3. The maximum atomic E-state index is 9.56. The molecule has 1 aromatic rings. The summed E-state index contributed by atoms with van der Waals surface area (Å²) in [6.45, 7) is 0. The highest BCUT2D eigenvalue weighted by Crippen LogP contribution is 2.29. The summed E-state index contributed by atoms with van der Waals surface area (Å²) in [5.41, 5.74) is 2.27. The topological polar surface area (TPSA) is 30.3 Å². The Morgan fingerprint density at radius 3 is 2.15 bits per heavy atom. The second-order valence-electron chi connectivity index (χ2n) is 5.97. The Hall–Kier alpha value is -1.53. The number of nitriles is 1. The van der Waals surface area contributed by atoms with Crippen molar-refractivity contribution in [1.29, 1.82) is 5.26 Å². The van der Waals surface area contributed by atoms with Crippen molar-refractivity contribution in [2.75, 3.05) is 26.0 Å². The first-order valence-corrected chi connectivity index (χ1v) is 7.52. The zero-order chi connectivity index (χ0) is 14.5. The Balaban J connectivity index is 2.12. The molecule has 1 saturated carbocycles. The van der Waals surface area contributed by atoms with E-state index in [9.17, 15) is 5.26 Å². The molecule has 1 atom stereocenters. The minimum absolute atomic E-state index is 0.130. The third-order valence-corrected chi connectivity index (χ3v) is 4.41. The van der Waals surface area contributed by atoms with Crippen LogP contribution in [0.15, 0.2) is 24.3 Å². The molecule has 1 aromatic carbocycles. The van der Waals surface area contributed by atoms with Crippen molar-refractivity contribution in [3.05, 3.63) is 29.8 Å². The second-order valence-corrected chi connectivity index (χ2v) is 5.97. The van der Waals surface area contributed by atoms with Gasteiger partial charge >= 0.3 is 0 Å². The molecule has 20 heavy (non-hydrogen) atoms. The smallest absolute Gasteiger partial charge is 0.123 e. The summed E-state index contributed by atoms with van der Waals surface area (Å²) in [5, 5.41) is 9.56. The maximum Gasteiger partial charge on any atom is 0.123 e. The lowest BCUT2D eigenvalue weighted by Crippen LogP contribution is -2.36. The van der Waals surface area contributed by atoms with Gasteiger partial charge in [0.15, 0.2) is 0 Å². The molecule has 0 spiro atoms. The average molecular weight is 271 g/mol. The lowest BCUT2D eigenvalue weighted by Gasteiger charge is -2.34. The largest absolute Gasteiger partial charge is 0.378 e. The summed E-state index contributed by atoms with van der Waals surface area (Å²) in [4.78, 5) is 4.35. The Labute approximate surface area is 122 Å². The van der Waals surface area contributed by atoms with Crippen molar-refractivity contribution in [2.24, 2.45) is 0 Å². The molecule has 1 aliphatic carbocycles. The molecular weight excluding hydrogens is 246 g/mol. The summed E-state index contributed by atoms with van der Waals surface area (Å²) in [7, 11) is 6.17. The number of benzene rings is 1. The van der Waals surface area contributed by atoms with E-state index >= 15 is 0 Å². The first-order chi connectivity index (χ1) is 9.63. The molecule has 108 valence electrons. The van der Waals surface area contributed by atoms with Gasteiger partial charge in [0, 0.05) is 25.8 Å². The van der Waals surface area contributed by atoms with Gasteiger partial charge in [-0.05, 0) is 37.6 Å². The predicted octanol–water partition coefficient (Wildman–Crippen LogP) is 3.58. The monoisotopic (exact) mass is 271 g/mol. The maximum absolute atomic E-state index is 9.56. The fourth-order valence-electron chi connectivity index (χ4n) is 3.05. The third-order valence-electron chi connectivity index (χ3n) is 4.41. The molecule has 1 unspecified atom stereocenters. The van der Waals surface area contributed by atoms with Gasteiger partial charge in [0.25, 0.3) is 0 Å². The van der Waals surface area contributed by atoms with Gasteiger partial charge in [-0.15, -0.1) is 0 Å². The van der Waals surface area contributed by atoms with Crippen LogP contribution in [0.2, 0.25) is 0 Å². The van der Waals surface area contributed by atoms with Crippen molar-refractivity contribution < 1.29 is 0 Å². The quantitative estimate of drug-likeness (QED) is 0.838. The highest BCUT2D eigenvalue weighted by Gasteiger charge is 2.25. The molecule has 0 aliphatic heterocycles. The van der Waals surface area contributed by atoms with Crippen LogP contribution in [-0.4, -0.2) is 32.1 Å². The Morgan fingerprint density at radius 1 is 1.05 bits per heavy atom. The highest BCUT2D eigenvalue weighted by molar-refractivity contribution is 5.47. The van der Waals surface area contributed by atoms with Crippen LogP contribution >= 0.6 is 0 Å². The number of anilines is 1. The van der Waals surface area contributed by atoms with Gasteiger partial charge in [0.2, 0.25) is 0 Å². The van der Waals surface area contributed by atoms with E-state index in [4.69, 9.17) is 0 Å². The van der Waals surface area contributed by atoms with Crippen molar-refractivity contribution in [1.82, 2.24) is 4.90 Å². The minimum Gasteiger partial charge on any atom is -0.378 e. The molecular formula is C17H25N3. The van der Waals surface area contributed by atoms with Crippen LogP contribution in [-0.2, 0) is 0 Å². The first kappa shape index (κ1) is 14.9.